The minimum Gasteiger partial charge on any atom is -0.455 e. The Morgan fingerprint density at radius 3 is 2.52 bits per heavy atom. The van der Waals surface area contributed by atoms with Crippen LogP contribution in [-0.2, 0) is 26.2 Å². The molecular weight excluding hydrogens is 1160 g/mol. The lowest BCUT2D eigenvalue weighted by atomic mass is 9.72. The highest BCUT2D eigenvalue weighted by atomic mass is 35.5. The van der Waals surface area contributed by atoms with E-state index in [4.69, 9.17) is 16.3 Å². The molecule has 0 bridgehead atoms. The number of aromatic amines is 1. The molecule has 1 aliphatic carbocycles. The van der Waals surface area contributed by atoms with Crippen molar-refractivity contribution in [3.05, 3.63) is 146 Å². The van der Waals surface area contributed by atoms with E-state index in [1.165, 1.54) is 35.0 Å². The number of ether oxygens (including phenoxy) is 1. The van der Waals surface area contributed by atoms with Gasteiger partial charge in [-0.15, -0.1) is 11.8 Å². The quantitative estimate of drug-likeness (QED) is 0.0154. The fourth-order valence-electron chi connectivity index (χ4n) is 12.8. The Morgan fingerprint density at radius 2 is 1.71 bits per heavy atom. The number of carbonyl (C=O) groups is 4. The zero-order chi connectivity index (χ0) is 60.8. The van der Waals surface area contributed by atoms with E-state index in [-0.39, 0.29) is 46.6 Å². The summed E-state index contributed by atoms with van der Waals surface area (Å²) in [5.41, 5.74) is 7.06. The van der Waals surface area contributed by atoms with Gasteiger partial charge in [-0.05, 0) is 159 Å². The molecule has 6 heterocycles. The molecule has 4 N–H and O–H groups in total. The van der Waals surface area contributed by atoms with E-state index >= 15 is 0 Å². The average molecular weight is 1240 g/mol. The fourth-order valence-corrected chi connectivity index (χ4v) is 15.0. The third-order valence-corrected chi connectivity index (χ3v) is 20.4. The maximum atomic E-state index is 14.2. The number of fused-ring (bicyclic) bond motifs is 2. The molecule has 6 aromatic rings. The van der Waals surface area contributed by atoms with Crippen molar-refractivity contribution in [2.24, 2.45) is 11.3 Å². The number of likely N-dealkylation sites (tertiary alicyclic amines) is 1. The number of allylic oxidation sites excluding steroid dienone is 1. The molecule has 4 aliphatic heterocycles. The predicted octanol–water partition coefficient (Wildman–Crippen LogP) is 11.4. The van der Waals surface area contributed by atoms with E-state index in [0.717, 1.165) is 142 Å². The molecule has 22 heteroatoms. The Kier molecular flexibility index (Phi) is 19.0. The Labute approximate surface area is 517 Å². The molecule has 19 nitrogen and oxygen atoms in total. The standard InChI is InChI=1S/C65H75ClN10O9S2/c1-65(2)25-23-46(53(37-65)44-13-15-47(66)16-14-44)41-73-29-31-74(32-30-73)48-17-19-52(58(35-48)85-49-34-45-24-26-67-61(45)69-39-49)62(78)71-87(83,84)50-18-20-55(57(36-50)76(81)82)68-38-43-10-9-28-72(40-43)27-6-4-3-5-7-33-86-59-12-8-11-51-54(59)42-75(64(51)80)56-21-22-60(77)70-63(56)79/h8,11-20,24,26,34-36,39,43,56,68H,3-7,9-10,21-23,25,27-33,37-38,40-42H2,1-2H3,(H,67,69)(H,71,78)(H,70,77,79). The Morgan fingerprint density at radius 1 is 0.908 bits per heavy atom. The van der Waals surface area contributed by atoms with Crippen molar-refractivity contribution in [2.45, 2.75) is 113 Å². The van der Waals surface area contributed by atoms with E-state index < -0.39 is 43.4 Å². The van der Waals surface area contributed by atoms with Crippen LogP contribution in [0.1, 0.15) is 123 Å². The molecule has 0 spiro atoms. The number of rotatable bonds is 23. The minimum atomic E-state index is -4.62. The fraction of sp³-hybridized carbons (Fsp3) is 0.431. The molecule has 0 saturated carbocycles. The van der Waals surface area contributed by atoms with E-state index in [0.29, 0.717) is 49.6 Å². The van der Waals surface area contributed by atoms with Gasteiger partial charge in [0.25, 0.3) is 27.5 Å². The molecule has 87 heavy (non-hydrogen) atoms. The molecule has 0 radical (unpaired) electrons. The van der Waals surface area contributed by atoms with Crippen LogP contribution in [0.4, 0.5) is 17.1 Å². The lowest BCUT2D eigenvalue weighted by Gasteiger charge is -2.39. The van der Waals surface area contributed by atoms with Crippen LogP contribution in [0, 0.1) is 21.4 Å². The van der Waals surface area contributed by atoms with Crippen molar-refractivity contribution >= 4 is 90.7 Å². The van der Waals surface area contributed by atoms with E-state index in [9.17, 15) is 37.7 Å². The second-order valence-electron chi connectivity index (χ2n) is 24.4. The number of aromatic nitrogens is 2. The van der Waals surface area contributed by atoms with Crippen LogP contribution in [0.3, 0.4) is 0 Å². The van der Waals surface area contributed by atoms with Crippen molar-refractivity contribution in [3.63, 3.8) is 0 Å². The summed E-state index contributed by atoms with van der Waals surface area (Å²) in [4.78, 5) is 80.5. The number of carbonyl (C=O) groups excluding carboxylic acids is 4. The topological polar surface area (TPSA) is 233 Å². The number of imide groups is 1. The number of piperazine rings is 1. The van der Waals surface area contributed by atoms with Gasteiger partial charge in [-0.25, -0.2) is 18.1 Å². The van der Waals surface area contributed by atoms with Gasteiger partial charge in [0.2, 0.25) is 11.8 Å². The summed E-state index contributed by atoms with van der Waals surface area (Å²) in [5.74, 6) is -0.227. The van der Waals surface area contributed by atoms with Gasteiger partial charge < -0.3 is 29.7 Å². The monoisotopic (exact) mass is 1240 g/mol. The number of nitrogens with zero attached hydrogens (tertiary/aromatic N) is 6. The van der Waals surface area contributed by atoms with Crippen molar-refractivity contribution < 1.29 is 37.3 Å². The third kappa shape index (κ3) is 14.8. The van der Waals surface area contributed by atoms with E-state index in [1.807, 2.05) is 36.4 Å². The van der Waals surface area contributed by atoms with Crippen molar-refractivity contribution in [1.82, 2.24) is 34.7 Å². The van der Waals surface area contributed by atoms with Gasteiger partial charge in [-0.3, -0.25) is 39.5 Å². The first-order valence-electron chi connectivity index (χ1n) is 30.3. The van der Waals surface area contributed by atoms with Crippen LogP contribution in [0.2, 0.25) is 5.02 Å². The smallest absolute Gasteiger partial charge is 0.293 e. The predicted molar refractivity (Wildman–Crippen MR) is 339 cm³/mol. The number of nitro benzene ring substituents is 1. The number of hydrogen-bond acceptors (Lipinski definition) is 15. The number of pyridine rings is 1. The van der Waals surface area contributed by atoms with Crippen LogP contribution in [0.5, 0.6) is 11.5 Å². The number of unbranched alkanes of at least 4 members (excludes halogenated alkanes) is 4. The number of H-pyrrole nitrogens is 1. The van der Waals surface area contributed by atoms with Gasteiger partial charge in [0.15, 0.2) is 0 Å². The first-order chi connectivity index (χ1) is 41.9. The number of amides is 4. The first kappa shape index (κ1) is 61.4. The molecule has 11 rings (SSSR count). The summed E-state index contributed by atoms with van der Waals surface area (Å²) in [6.45, 7) is 12.2. The zero-order valence-corrected chi connectivity index (χ0v) is 51.7. The summed E-state index contributed by atoms with van der Waals surface area (Å²) >= 11 is 8.02. The van der Waals surface area contributed by atoms with Crippen LogP contribution in [0.15, 0.2) is 119 Å². The lowest BCUT2D eigenvalue weighted by Crippen LogP contribution is -2.52. The molecule has 5 aliphatic rings. The molecule has 2 aromatic heterocycles. The molecule has 2 unspecified atom stereocenters. The Balaban J connectivity index is 0.664. The number of nitrogens with one attached hydrogen (secondary N) is 4. The van der Waals surface area contributed by atoms with E-state index in [2.05, 4.69) is 66.0 Å². The average Bonchev–Trinajstić information content (AvgIpc) is 2.13. The highest BCUT2D eigenvalue weighted by molar-refractivity contribution is 7.99. The molecule has 458 valence electrons. The summed E-state index contributed by atoms with van der Waals surface area (Å²) in [6.07, 6.45) is 14.3. The molecule has 3 fully saturated rings. The van der Waals surface area contributed by atoms with Gasteiger partial charge in [0, 0.05) is 104 Å². The maximum absolute atomic E-state index is 14.2. The normalized spacial score (nSPS) is 19.3. The molecule has 4 amide bonds. The minimum absolute atomic E-state index is 0.0475. The van der Waals surface area contributed by atoms with Crippen molar-refractivity contribution in [2.75, 3.05) is 74.9 Å². The van der Waals surface area contributed by atoms with Gasteiger partial charge in [0.1, 0.15) is 28.9 Å². The third-order valence-electron chi connectivity index (χ3n) is 17.6. The number of halogens is 1. The zero-order valence-electron chi connectivity index (χ0n) is 49.3. The van der Waals surface area contributed by atoms with Crippen LogP contribution in [-0.4, -0.2) is 132 Å². The number of benzene rings is 4. The maximum Gasteiger partial charge on any atom is 0.293 e. The summed E-state index contributed by atoms with van der Waals surface area (Å²) in [6, 6.07) is 25.6. The number of piperidine rings is 2. The number of sulfonamides is 1. The second-order valence-corrected chi connectivity index (χ2v) is 27.7. The number of hydrogen-bond donors (Lipinski definition) is 4. The van der Waals surface area contributed by atoms with Crippen molar-refractivity contribution in [3.8, 4) is 11.5 Å². The lowest BCUT2D eigenvalue weighted by molar-refractivity contribution is -0.384. The van der Waals surface area contributed by atoms with Gasteiger partial charge in [0.05, 0.1) is 21.6 Å². The van der Waals surface area contributed by atoms with Crippen LogP contribution < -0.4 is 25.0 Å². The molecule has 4 aromatic carbocycles. The van der Waals surface area contributed by atoms with E-state index in [1.54, 1.807) is 47.1 Å². The SMILES string of the molecule is CC1(C)CCC(CN2CCN(c3ccc(C(=O)NS(=O)(=O)c4ccc(NCC5CCCN(CCCCCCCSc6cccc7c6CN(C6CCC(=O)NC6=O)C7=O)C5)c([N+](=O)[O-])c4)c(Oc4cnc5[nH]ccc5c4)c3)CC2)=C(c2ccc(Cl)cc2)C1. The summed E-state index contributed by atoms with van der Waals surface area (Å²) in [5, 5.41) is 19.6. The summed E-state index contributed by atoms with van der Waals surface area (Å²) in [7, 11) is -4.62. The van der Waals surface area contributed by atoms with Crippen LogP contribution >= 0.6 is 23.4 Å². The largest absolute Gasteiger partial charge is 0.455 e. The highest BCUT2D eigenvalue weighted by Crippen LogP contribution is 2.44. The Bertz CT molecular complexity index is 3720. The van der Waals surface area contributed by atoms with Crippen LogP contribution in [0.25, 0.3) is 16.6 Å². The van der Waals surface area contributed by atoms with Gasteiger partial charge >= 0.3 is 0 Å². The number of thioether (sulfide) groups is 1. The van der Waals surface area contributed by atoms with Gasteiger partial charge in [-0.2, -0.15) is 0 Å². The second kappa shape index (κ2) is 27.0. The molecular formula is C65H75ClN10O9S2. The number of nitro groups is 1. The first-order valence-corrected chi connectivity index (χ1v) is 33.2. The summed E-state index contributed by atoms with van der Waals surface area (Å²) < 4.78 is 36.6. The highest BCUT2D eigenvalue weighted by Gasteiger charge is 2.40. The number of anilines is 2. The van der Waals surface area contributed by atoms with Crippen molar-refractivity contribution in [1.29, 1.82) is 0 Å². The Hall–Kier alpha value is -7.30. The molecule has 2 atom stereocenters. The van der Waals surface area contributed by atoms with Gasteiger partial charge in [-0.1, -0.05) is 68.5 Å². The molecule has 3 saturated heterocycles.